The van der Waals surface area contributed by atoms with Crippen molar-refractivity contribution in [2.24, 2.45) is 17.8 Å². The van der Waals surface area contributed by atoms with E-state index < -0.39 is 97.5 Å². The molecule has 3 N–H and O–H groups in total. The van der Waals surface area contributed by atoms with Gasteiger partial charge in [0, 0.05) is 25.7 Å². The molecule has 0 saturated carbocycles. The number of hydrogen-bond acceptors (Lipinski definition) is 15. The van der Waals surface area contributed by atoms with E-state index in [0.29, 0.717) is 37.5 Å². The number of unbranched alkanes of at least 4 members (excludes halogenated alkanes) is 29. The van der Waals surface area contributed by atoms with Gasteiger partial charge in [0.1, 0.15) is 19.3 Å². The fraction of sp³-hybridized carbons (Fsp3) is 0.884. The Morgan fingerprint density at radius 2 is 0.670 bits per heavy atom. The molecule has 0 radical (unpaired) electrons. The lowest BCUT2D eigenvalue weighted by Gasteiger charge is -2.21. The molecule has 0 aromatic carbocycles. The molecule has 0 aliphatic heterocycles. The number of hydrogen-bond donors (Lipinski definition) is 3. The van der Waals surface area contributed by atoms with E-state index >= 15 is 0 Å². The maximum atomic E-state index is 13.0. The summed E-state index contributed by atoms with van der Waals surface area (Å²) in [6, 6.07) is 0. The minimum atomic E-state index is -4.96. The number of phosphoric ester groups is 2. The number of aliphatic hydroxyl groups excluding tert-OH is 1. The Labute approximate surface area is 535 Å². The second-order valence-corrected chi connectivity index (χ2v) is 28.3. The number of aliphatic hydroxyl groups is 1. The van der Waals surface area contributed by atoms with Gasteiger partial charge in [0.2, 0.25) is 0 Å². The molecule has 0 aliphatic rings. The van der Waals surface area contributed by atoms with Crippen molar-refractivity contribution in [1.29, 1.82) is 0 Å². The highest BCUT2D eigenvalue weighted by molar-refractivity contribution is 7.47. The number of rotatable bonds is 65. The summed E-state index contributed by atoms with van der Waals surface area (Å²) in [5, 5.41) is 10.6. The Morgan fingerprint density at radius 3 is 1.01 bits per heavy atom. The maximum absolute atomic E-state index is 13.0. The molecule has 19 heteroatoms. The standard InChI is InChI=1S/C69H130O17P2/c1-8-10-11-12-13-14-15-16-17-18-21-24-27-36-43-50-66(71)79-56-65(86-69(74)53-46-39-32-30-35-42-49-62(7)9-2)59-84-88(77,78)82-55-63(70)54-81-87(75,76)83-58-64(57-80-67(72)51-44-37-31-29-34-41-48-61(5)6)85-68(73)52-45-38-28-25-22-19-20-23-26-33-40-47-60(3)4/h14-17,60-65,70H,8-13,18-59H2,1-7H3,(H,75,76)(H,77,78)/b15-14-,17-16-/t62?,63-,64+,65+/m0/s1. The van der Waals surface area contributed by atoms with Crippen LogP contribution in [-0.2, 0) is 65.4 Å². The van der Waals surface area contributed by atoms with Gasteiger partial charge in [-0.1, -0.05) is 265 Å². The van der Waals surface area contributed by atoms with Gasteiger partial charge in [-0.3, -0.25) is 37.3 Å². The molecule has 0 amide bonds. The van der Waals surface area contributed by atoms with Crippen LogP contribution in [0.15, 0.2) is 24.3 Å². The first-order chi connectivity index (χ1) is 42.3. The normalized spacial score (nSPS) is 14.7. The van der Waals surface area contributed by atoms with Crippen molar-refractivity contribution in [2.45, 2.75) is 336 Å². The summed E-state index contributed by atoms with van der Waals surface area (Å²) < 4.78 is 68.1. The Hall–Kier alpha value is -2.46. The predicted molar refractivity (Wildman–Crippen MR) is 354 cm³/mol. The second kappa shape index (κ2) is 59.5. The fourth-order valence-electron chi connectivity index (χ4n) is 9.79. The van der Waals surface area contributed by atoms with Crippen LogP contribution in [0.4, 0.5) is 0 Å². The van der Waals surface area contributed by atoms with Crippen LogP contribution >= 0.6 is 15.6 Å². The first kappa shape index (κ1) is 85.5. The number of carbonyl (C=O) groups excluding carboxylic acids is 4. The van der Waals surface area contributed by atoms with Gasteiger partial charge in [0.05, 0.1) is 26.4 Å². The highest BCUT2D eigenvalue weighted by Crippen LogP contribution is 2.45. The van der Waals surface area contributed by atoms with Crippen molar-refractivity contribution in [3.05, 3.63) is 24.3 Å². The average Bonchev–Trinajstić information content (AvgIpc) is 3.50. The van der Waals surface area contributed by atoms with E-state index in [9.17, 15) is 43.2 Å². The van der Waals surface area contributed by atoms with E-state index in [-0.39, 0.29) is 25.7 Å². The molecule has 88 heavy (non-hydrogen) atoms. The molecule has 17 nitrogen and oxygen atoms in total. The van der Waals surface area contributed by atoms with Crippen LogP contribution in [-0.4, -0.2) is 96.7 Å². The Balaban J connectivity index is 5.26. The Morgan fingerprint density at radius 1 is 0.375 bits per heavy atom. The van der Waals surface area contributed by atoms with E-state index in [0.717, 1.165) is 121 Å². The zero-order chi connectivity index (χ0) is 65.2. The average molecular weight is 1290 g/mol. The van der Waals surface area contributed by atoms with Crippen LogP contribution in [0, 0.1) is 17.8 Å². The first-order valence-electron chi connectivity index (χ1n) is 35.2. The lowest BCUT2D eigenvalue weighted by Crippen LogP contribution is -2.30. The summed E-state index contributed by atoms with van der Waals surface area (Å²) in [5.74, 6) is -0.00541. The van der Waals surface area contributed by atoms with Gasteiger partial charge < -0.3 is 33.8 Å². The van der Waals surface area contributed by atoms with Gasteiger partial charge in [-0.05, 0) is 69.1 Å². The predicted octanol–water partition coefficient (Wildman–Crippen LogP) is 19.0. The summed E-state index contributed by atoms with van der Waals surface area (Å²) in [5.41, 5.74) is 0. The van der Waals surface area contributed by atoms with Gasteiger partial charge in [-0.15, -0.1) is 0 Å². The zero-order valence-electron chi connectivity index (χ0n) is 56.7. The molecule has 0 aromatic rings. The van der Waals surface area contributed by atoms with Crippen LogP contribution in [0.5, 0.6) is 0 Å². The number of phosphoric acid groups is 2. The van der Waals surface area contributed by atoms with Gasteiger partial charge >= 0.3 is 39.5 Å². The van der Waals surface area contributed by atoms with Crippen LogP contribution < -0.4 is 0 Å². The molecule has 518 valence electrons. The molecule has 0 saturated heterocycles. The van der Waals surface area contributed by atoms with Crippen molar-refractivity contribution in [3.8, 4) is 0 Å². The van der Waals surface area contributed by atoms with E-state index in [2.05, 4.69) is 72.8 Å². The van der Waals surface area contributed by atoms with E-state index in [1.54, 1.807) is 0 Å². The second-order valence-electron chi connectivity index (χ2n) is 25.4. The molecule has 0 aromatic heterocycles. The molecule has 3 unspecified atom stereocenters. The van der Waals surface area contributed by atoms with Crippen LogP contribution in [0.25, 0.3) is 0 Å². The van der Waals surface area contributed by atoms with Crippen molar-refractivity contribution in [3.63, 3.8) is 0 Å². The maximum Gasteiger partial charge on any atom is 0.472 e. The quantitative estimate of drug-likeness (QED) is 0.0169. The first-order valence-corrected chi connectivity index (χ1v) is 38.2. The van der Waals surface area contributed by atoms with Gasteiger partial charge in [0.15, 0.2) is 12.2 Å². The number of allylic oxidation sites excluding steroid dienone is 4. The summed E-state index contributed by atoms with van der Waals surface area (Å²) >= 11 is 0. The highest BCUT2D eigenvalue weighted by atomic mass is 31.2. The third kappa shape index (κ3) is 61.1. The minimum Gasteiger partial charge on any atom is -0.462 e. The van der Waals surface area contributed by atoms with Crippen molar-refractivity contribution in [2.75, 3.05) is 39.6 Å². The highest BCUT2D eigenvalue weighted by Gasteiger charge is 2.30. The van der Waals surface area contributed by atoms with Gasteiger partial charge in [-0.25, -0.2) is 9.13 Å². The summed E-state index contributed by atoms with van der Waals surface area (Å²) in [6.07, 6.45) is 45.5. The largest absolute Gasteiger partial charge is 0.472 e. The van der Waals surface area contributed by atoms with Crippen LogP contribution in [0.2, 0.25) is 0 Å². The topological polar surface area (TPSA) is 237 Å². The van der Waals surface area contributed by atoms with Crippen molar-refractivity contribution < 1.29 is 80.2 Å². The third-order valence-electron chi connectivity index (χ3n) is 15.6. The minimum absolute atomic E-state index is 0.0956. The summed E-state index contributed by atoms with van der Waals surface area (Å²) in [4.78, 5) is 72.4. The lowest BCUT2D eigenvalue weighted by molar-refractivity contribution is -0.161. The molecule has 0 bridgehead atoms. The van der Waals surface area contributed by atoms with E-state index in [1.807, 2.05) is 0 Å². The molecule has 0 fully saturated rings. The molecule has 0 aliphatic carbocycles. The molecule has 0 heterocycles. The van der Waals surface area contributed by atoms with Gasteiger partial charge in [-0.2, -0.15) is 0 Å². The monoisotopic (exact) mass is 1290 g/mol. The summed E-state index contributed by atoms with van der Waals surface area (Å²) in [7, 11) is -9.91. The lowest BCUT2D eigenvalue weighted by atomic mass is 10.00. The third-order valence-corrected chi connectivity index (χ3v) is 17.5. The fourth-order valence-corrected chi connectivity index (χ4v) is 11.4. The van der Waals surface area contributed by atoms with E-state index in [1.165, 1.54) is 103 Å². The molecule has 0 spiro atoms. The van der Waals surface area contributed by atoms with Gasteiger partial charge in [0.25, 0.3) is 0 Å². The number of carbonyl (C=O) groups is 4. The van der Waals surface area contributed by atoms with Crippen molar-refractivity contribution in [1.82, 2.24) is 0 Å². The number of ether oxygens (including phenoxy) is 4. The van der Waals surface area contributed by atoms with E-state index in [4.69, 9.17) is 37.0 Å². The molecular formula is C69H130O17P2. The Kier molecular flexibility index (Phi) is 57.9. The Bertz CT molecular complexity index is 1830. The van der Waals surface area contributed by atoms with Crippen molar-refractivity contribution >= 4 is 39.5 Å². The SMILES string of the molecule is CCCCCC/C=C\C=C/CCCCCCCC(=O)OC[C@H](COP(=O)(O)OC[C@@H](O)COP(=O)(O)OC[C@@H](COC(=O)CCCCCCCCC(C)C)OC(=O)CCCCCCCCCCCCCC(C)C)OC(=O)CCCCCCCCC(C)CC. The van der Waals surface area contributed by atoms with Crippen LogP contribution in [0.1, 0.15) is 318 Å². The molecular weight excluding hydrogens is 1160 g/mol. The molecule has 0 rings (SSSR count). The smallest absolute Gasteiger partial charge is 0.462 e. The zero-order valence-corrected chi connectivity index (χ0v) is 58.5. The number of esters is 4. The molecule has 6 atom stereocenters. The summed E-state index contributed by atoms with van der Waals surface area (Å²) in [6.45, 7) is 11.6. The van der Waals surface area contributed by atoms with Crippen LogP contribution in [0.3, 0.4) is 0 Å².